The number of likely N-dealkylation sites (N-methyl/N-ethyl adjacent to an activating group) is 1. The highest BCUT2D eigenvalue weighted by Gasteiger charge is 2.30. The minimum Gasteiger partial charge on any atom is -0.487 e. The van der Waals surface area contributed by atoms with E-state index in [-0.39, 0.29) is 23.9 Å². The normalized spacial score (nSPS) is 15.9. The Balaban J connectivity index is 1.49. The summed E-state index contributed by atoms with van der Waals surface area (Å²) in [6.45, 7) is 0.0409. The molecule has 34 heavy (non-hydrogen) atoms. The lowest BCUT2D eigenvalue weighted by Crippen LogP contribution is -2.23. The Morgan fingerprint density at radius 2 is 1.91 bits per heavy atom. The molecule has 0 atom stereocenters. The number of benzene rings is 3. The fraction of sp³-hybridized carbons (Fsp3) is 0.0800. The lowest BCUT2D eigenvalue weighted by molar-refractivity contribution is -0.121. The zero-order valence-electron chi connectivity index (χ0n) is 17.9. The highest BCUT2D eigenvalue weighted by Crippen LogP contribution is 2.34. The van der Waals surface area contributed by atoms with Crippen LogP contribution in [0, 0.1) is 5.82 Å². The number of carbonyl (C=O) groups is 2. The molecule has 0 saturated carbocycles. The van der Waals surface area contributed by atoms with Crippen LogP contribution in [-0.4, -0.2) is 34.1 Å². The SMILES string of the molecule is CN1C(=O)/C(=C/c2ccc(OCc3ccccc3F)c(Cl)c2)SC1=Nc1ccc(C(=O)O)cc1. The number of rotatable bonds is 6. The molecule has 0 spiro atoms. The van der Waals surface area contributed by atoms with E-state index in [9.17, 15) is 14.0 Å². The molecule has 6 nitrogen and oxygen atoms in total. The smallest absolute Gasteiger partial charge is 0.335 e. The van der Waals surface area contributed by atoms with Crippen LogP contribution in [0.2, 0.25) is 5.02 Å². The van der Waals surface area contributed by atoms with Gasteiger partial charge in [0.2, 0.25) is 0 Å². The second-order valence-electron chi connectivity index (χ2n) is 7.29. The van der Waals surface area contributed by atoms with Crippen molar-refractivity contribution in [2.75, 3.05) is 7.05 Å². The van der Waals surface area contributed by atoms with Crippen molar-refractivity contribution < 1.29 is 23.8 Å². The average Bonchev–Trinajstić information content (AvgIpc) is 3.07. The topological polar surface area (TPSA) is 79.2 Å². The summed E-state index contributed by atoms with van der Waals surface area (Å²) in [6.07, 6.45) is 1.70. The van der Waals surface area contributed by atoms with E-state index in [4.69, 9.17) is 21.4 Å². The Morgan fingerprint density at radius 3 is 2.59 bits per heavy atom. The number of thioether (sulfide) groups is 1. The van der Waals surface area contributed by atoms with Gasteiger partial charge in [-0.3, -0.25) is 9.69 Å². The highest BCUT2D eigenvalue weighted by atomic mass is 35.5. The van der Waals surface area contributed by atoms with Gasteiger partial charge in [0.1, 0.15) is 18.2 Å². The molecule has 3 aromatic rings. The van der Waals surface area contributed by atoms with Crippen molar-refractivity contribution in [3.63, 3.8) is 0 Å². The first-order chi connectivity index (χ1) is 16.3. The summed E-state index contributed by atoms with van der Waals surface area (Å²) < 4.78 is 19.4. The number of ether oxygens (including phenoxy) is 1. The number of amidine groups is 1. The number of carbonyl (C=O) groups excluding carboxylic acids is 1. The summed E-state index contributed by atoms with van der Waals surface area (Å²) in [5.74, 6) is -1.19. The molecule has 0 radical (unpaired) electrons. The number of hydrogen-bond donors (Lipinski definition) is 1. The number of nitrogens with zero attached hydrogens (tertiary/aromatic N) is 2. The molecule has 1 heterocycles. The number of hydrogen-bond acceptors (Lipinski definition) is 5. The summed E-state index contributed by atoms with van der Waals surface area (Å²) in [5.41, 5.74) is 1.81. The first-order valence-electron chi connectivity index (χ1n) is 10.1. The minimum atomic E-state index is -1.02. The standard InChI is InChI=1S/C25H18ClFN2O4S/c1-29-23(30)22(34-25(29)28-18-9-7-16(8-10-18)24(31)32)13-15-6-11-21(19(26)12-15)33-14-17-4-2-3-5-20(17)27/h2-13H,14H2,1H3,(H,31,32)/b22-13-,28-25?. The molecule has 0 aliphatic carbocycles. The maximum absolute atomic E-state index is 13.8. The molecular weight excluding hydrogens is 479 g/mol. The predicted octanol–water partition coefficient (Wildman–Crippen LogP) is 5.99. The van der Waals surface area contributed by atoms with E-state index in [1.54, 1.807) is 61.7 Å². The summed E-state index contributed by atoms with van der Waals surface area (Å²) in [7, 11) is 1.62. The quantitative estimate of drug-likeness (QED) is 0.424. The molecule has 4 rings (SSSR count). The number of carboxylic acid groups (broad SMARTS) is 1. The van der Waals surface area contributed by atoms with Crippen LogP contribution in [0.1, 0.15) is 21.5 Å². The number of amides is 1. The third-order valence-electron chi connectivity index (χ3n) is 4.94. The van der Waals surface area contributed by atoms with Crippen molar-refractivity contribution in [1.29, 1.82) is 0 Å². The number of aliphatic imine (C=N–C) groups is 1. The largest absolute Gasteiger partial charge is 0.487 e. The molecule has 0 unspecified atom stereocenters. The lowest BCUT2D eigenvalue weighted by atomic mass is 10.2. The lowest BCUT2D eigenvalue weighted by Gasteiger charge is -2.09. The third kappa shape index (κ3) is 5.30. The van der Waals surface area contributed by atoms with Gasteiger partial charge in [0.15, 0.2) is 5.17 Å². The molecule has 1 aliphatic heterocycles. The van der Waals surface area contributed by atoms with Gasteiger partial charge in [-0.25, -0.2) is 14.2 Å². The number of carboxylic acids is 1. The predicted molar refractivity (Wildman–Crippen MR) is 131 cm³/mol. The Labute approximate surface area is 204 Å². The van der Waals surface area contributed by atoms with Crippen molar-refractivity contribution in [2.45, 2.75) is 6.61 Å². The van der Waals surface area contributed by atoms with Gasteiger partial charge in [-0.05, 0) is 65.9 Å². The van der Waals surface area contributed by atoms with Gasteiger partial charge < -0.3 is 9.84 Å². The second-order valence-corrected chi connectivity index (χ2v) is 8.71. The van der Waals surface area contributed by atoms with Gasteiger partial charge in [-0.1, -0.05) is 35.9 Å². The van der Waals surface area contributed by atoms with Crippen LogP contribution in [0.15, 0.2) is 76.6 Å². The van der Waals surface area contributed by atoms with Gasteiger partial charge in [-0.15, -0.1) is 0 Å². The van der Waals surface area contributed by atoms with E-state index in [1.165, 1.54) is 34.9 Å². The Bertz CT molecular complexity index is 1320. The molecular formula is C25H18ClFN2O4S. The fourth-order valence-corrected chi connectivity index (χ4v) is 4.32. The van der Waals surface area contributed by atoms with E-state index in [0.717, 1.165) is 0 Å². The van der Waals surface area contributed by atoms with E-state index >= 15 is 0 Å². The monoisotopic (exact) mass is 496 g/mol. The van der Waals surface area contributed by atoms with Crippen LogP contribution in [0.3, 0.4) is 0 Å². The summed E-state index contributed by atoms with van der Waals surface area (Å²) in [4.78, 5) is 30.0. The van der Waals surface area contributed by atoms with Crippen LogP contribution in [0.5, 0.6) is 5.75 Å². The summed E-state index contributed by atoms with van der Waals surface area (Å²) >= 11 is 7.54. The van der Waals surface area contributed by atoms with Gasteiger partial charge in [-0.2, -0.15) is 0 Å². The summed E-state index contributed by atoms with van der Waals surface area (Å²) in [6, 6.07) is 17.5. The van der Waals surface area contributed by atoms with Crippen LogP contribution in [0.4, 0.5) is 10.1 Å². The molecule has 1 N–H and O–H groups in total. The first-order valence-corrected chi connectivity index (χ1v) is 11.3. The van der Waals surface area contributed by atoms with E-state index in [2.05, 4.69) is 4.99 Å². The number of aromatic carboxylic acids is 1. The molecule has 1 aliphatic rings. The molecule has 3 aromatic carbocycles. The van der Waals surface area contributed by atoms with Crippen molar-refractivity contribution in [2.24, 2.45) is 4.99 Å². The van der Waals surface area contributed by atoms with Gasteiger partial charge in [0, 0.05) is 12.6 Å². The Kier molecular flexibility index (Phi) is 7.00. The minimum absolute atomic E-state index is 0.0409. The second kappa shape index (κ2) is 10.1. The Morgan fingerprint density at radius 1 is 1.18 bits per heavy atom. The highest BCUT2D eigenvalue weighted by molar-refractivity contribution is 8.18. The van der Waals surface area contributed by atoms with Crippen LogP contribution in [-0.2, 0) is 11.4 Å². The van der Waals surface area contributed by atoms with Crippen molar-refractivity contribution >= 4 is 52.2 Å². The van der Waals surface area contributed by atoms with E-state index in [0.29, 0.717) is 37.7 Å². The molecule has 1 fully saturated rings. The molecule has 0 aromatic heterocycles. The maximum atomic E-state index is 13.8. The summed E-state index contributed by atoms with van der Waals surface area (Å²) in [5, 5.41) is 9.81. The van der Waals surface area contributed by atoms with Crippen molar-refractivity contribution in [3.05, 3.63) is 99.2 Å². The van der Waals surface area contributed by atoms with Crippen molar-refractivity contribution in [1.82, 2.24) is 4.90 Å². The number of halogens is 2. The first kappa shape index (κ1) is 23.5. The molecule has 1 amide bonds. The third-order valence-corrected chi connectivity index (χ3v) is 6.29. The van der Waals surface area contributed by atoms with Gasteiger partial charge >= 0.3 is 5.97 Å². The average molecular weight is 497 g/mol. The zero-order valence-corrected chi connectivity index (χ0v) is 19.4. The van der Waals surface area contributed by atoms with E-state index in [1.807, 2.05) is 0 Å². The molecule has 1 saturated heterocycles. The fourth-order valence-electron chi connectivity index (χ4n) is 3.09. The van der Waals surface area contributed by atoms with Crippen LogP contribution >= 0.6 is 23.4 Å². The van der Waals surface area contributed by atoms with Gasteiger partial charge in [0.05, 0.1) is 21.2 Å². The Hall–Kier alpha value is -3.62. The van der Waals surface area contributed by atoms with Crippen molar-refractivity contribution in [3.8, 4) is 5.75 Å². The maximum Gasteiger partial charge on any atom is 0.335 e. The molecule has 172 valence electrons. The van der Waals surface area contributed by atoms with Crippen LogP contribution < -0.4 is 4.74 Å². The molecule has 0 bridgehead atoms. The zero-order chi connectivity index (χ0) is 24.2. The van der Waals surface area contributed by atoms with Gasteiger partial charge in [0.25, 0.3) is 5.91 Å². The van der Waals surface area contributed by atoms with E-state index < -0.39 is 5.97 Å². The van der Waals surface area contributed by atoms with Crippen LogP contribution in [0.25, 0.3) is 6.08 Å². The molecule has 9 heteroatoms.